The van der Waals surface area contributed by atoms with Gasteiger partial charge in [0, 0.05) is 6.42 Å². The molecule has 0 aromatic carbocycles. The van der Waals surface area contributed by atoms with Crippen LogP contribution in [-0.2, 0) is 18.4 Å². The Morgan fingerprint density at radius 1 is 0.461 bits per heavy atom. The van der Waals surface area contributed by atoms with Crippen LogP contribution in [0.3, 0.4) is 0 Å². The van der Waals surface area contributed by atoms with E-state index in [1.807, 2.05) is 27.2 Å². The van der Waals surface area contributed by atoms with E-state index < -0.39 is 26.6 Å². The Morgan fingerprint density at radius 2 is 0.776 bits per heavy atom. The second kappa shape index (κ2) is 58.1. The molecular formula is C67H129N2O6P. The Bertz CT molecular complexity index is 1380. The van der Waals surface area contributed by atoms with Gasteiger partial charge in [-0.05, 0) is 64.2 Å². The van der Waals surface area contributed by atoms with Crippen LogP contribution in [0.5, 0.6) is 0 Å². The standard InChI is InChI=1S/C67H129N2O6P/c1-6-8-10-12-14-16-18-20-22-24-26-27-28-29-30-31-32-33-34-35-36-37-38-39-40-41-43-45-47-49-51-53-55-57-59-61-67(71)68-65(64-75-76(72,73)74-63-62-69(3,4)5)66(70)60-58-56-54-52-50-48-46-44-42-25-23-21-19-17-15-13-11-9-7-2/h28-29,31-32,50,52,58,60,65-66,70H,6-27,30,33-49,51,53-57,59,61-64H2,1-5H3,(H-,68,71,72,73)/b29-28-,32-31-,52-50+,60-58+. The predicted molar refractivity (Wildman–Crippen MR) is 330 cm³/mol. The van der Waals surface area contributed by atoms with Gasteiger partial charge in [-0.1, -0.05) is 300 Å². The normalized spacial score (nSPS) is 14.0. The van der Waals surface area contributed by atoms with E-state index in [1.54, 1.807) is 6.08 Å². The number of allylic oxidation sites excluding steroid dienone is 7. The summed E-state index contributed by atoms with van der Waals surface area (Å²) >= 11 is 0. The second-order valence-electron chi connectivity index (χ2n) is 23.8. The van der Waals surface area contributed by atoms with Gasteiger partial charge in [0.05, 0.1) is 39.9 Å². The third kappa shape index (κ3) is 60.1. The Kier molecular flexibility index (Phi) is 56.9. The van der Waals surface area contributed by atoms with E-state index >= 15 is 0 Å². The van der Waals surface area contributed by atoms with Crippen molar-refractivity contribution in [2.75, 3.05) is 40.9 Å². The number of phosphoric ester groups is 1. The van der Waals surface area contributed by atoms with Crippen molar-refractivity contribution >= 4 is 13.7 Å². The molecular weight excluding hydrogens is 960 g/mol. The molecule has 2 N–H and O–H groups in total. The van der Waals surface area contributed by atoms with Crippen molar-refractivity contribution in [3.63, 3.8) is 0 Å². The molecule has 0 aliphatic carbocycles. The van der Waals surface area contributed by atoms with Gasteiger partial charge in [-0.25, -0.2) is 0 Å². The smallest absolute Gasteiger partial charge is 0.268 e. The average molecular weight is 1090 g/mol. The summed E-state index contributed by atoms with van der Waals surface area (Å²) in [7, 11) is 1.25. The fourth-order valence-corrected chi connectivity index (χ4v) is 10.6. The lowest BCUT2D eigenvalue weighted by Gasteiger charge is -2.29. The lowest BCUT2D eigenvalue weighted by Crippen LogP contribution is -2.45. The van der Waals surface area contributed by atoms with Crippen molar-refractivity contribution < 1.29 is 32.9 Å². The molecule has 0 fully saturated rings. The molecule has 0 spiro atoms. The van der Waals surface area contributed by atoms with Crippen LogP contribution in [0.15, 0.2) is 48.6 Å². The van der Waals surface area contributed by atoms with Crippen LogP contribution in [-0.4, -0.2) is 68.5 Å². The van der Waals surface area contributed by atoms with E-state index in [0.717, 1.165) is 44.9 Å². The SMILES string of the molecule is CCCCCCCCCCCCC/C=C\C/C=C\CCCCCCCCCCCCCCCCCCCC(=O)NC(COP(=O)([O-])OCC[N+](C)(C)C)C(O)/C=C/CC/C=C/CCCCCCCCCCCCCCC. The van der Waals surface area contributed by atoms with Gasteiger partial charge in [0.2, 0.25) is 5.91 Å². The van der Waals surface area contributed by atoms with Crippen LogP contribution >= 0.6 is 7.82 Å². The van der Waals surface area contributed by atoms with Gasteiger partial charge in [-0.2, -0.15) is 0 Å². The molecule has 0 aliphatic heterocycles. The molecule has 9 heteroatoms. The highest BCUT2D eigenvalue weighted by Crippen LogP contribution is 2.38. The number of hydrogen-bond donors (Lipinski definition) is 2. The molecule has 0 aromatic heterocycles. The summed E-state index contributed by atoms with van der Waals surface area (Å²) in [6, 6.07) is -0.904. The minimum atomic E-state index is -4.61. The first-order valence-corrected chi connectivity index (χ1v) is 34.5. The van der Waals surface area contributed by atoms with Gasteiger partial charge in [-0.15, -0.1) is 0 Å². The van der Waals surface area contributed by atoms with Gasteiger partial charge in [0.25, 0.3) is 7.82 Å². The number of phosphoric acid groups is 1. The Labute approximate surface area is 473 Å². The molecule has 0 aromatic rings. The van der Waals surface area contributed by atoms with Crippen molar-refractivity contribution in [1.29, 1.82) is 0 Å². The molecule has 0 aliphatic rings. The van der Waals surface area contributed by atoms with E-state index in [4.69, 9.17) is 9.05 Å². The quantitative estimate of drug-likeness (QED) is 0.0272. The zero-order chi connectivity index (χ0) is 55.6. The van der Waals surface area contributed by atoms with E-state index in [2.05, 4.69) is 55.6 Å². The molecule has 3 atom stereocenters. The van der Waals surface area contributed by atoms with Gasteiger partial charge >= 0.3 is 0 Å². The number of nitrogens with zero attached hydrogens (tertiary/aromatic N) is 1. The second-order valence-corrected chi connectivity index (χ2v) is 25.2. The van der Waals surface area contributed by atoms with Gasteiger partial charge in [-0.3, -0.25) is 9.36 Å². The monoisotopic (exact) mass is 1090 g/mol. The van der Waals surface area contributed by atoms with Gasteiger partial charge < -0.3 is 28.8 Å². The number of aliphatic hydroxyl groups is 1. The fourth-order valence-electron chi connectivity index (χ4n) is 9.85. The first-order valence-electron chi connectivity index (χ1n) is 33.0. The minimum Gasteiger partial charge on any atom is -0.756 e. The maximum Gasteiger partial charge on any atom is 0.268 e. The van der Waals surface area contributed by atoms with Gasteiger partial charge in [0.1, 0.15) is 13.2 Å². The maximum atomic E-state index is 13.0. The number of quaternary nitrogens is 1. The van der Waals surface area contributed by atoms with Crippen molar-refractivity contribution in [3.05, 3.63) is 48.6 Å². The molecule has 76 heavy (non-hydrogen) atoms. The number of unbranched alkanes of at least 4 members (excludes halogenated alkanes) is 42. The largest absolute Gasteiger partial charge is 0.756 e. The first kappa shape index (κ1) is 74.5. The Morgan fingerprint density at radius 3 is 1.14 bits per heavy atom. The maximum absolute atomic E-state index is 13.0. The number of amides is 1. The third-order valence-corrected chi connectivity index (χ3v) is 16.0. The Balaban J connectivity index is 4.04. The van der Waals surface area contributed by atoms with Crippen LogP contribution in [0.4, 0.5) is 0 Å². The highest BCUT2D eigenvalue weighted by Gasteiger charge is 2.23. The zero-order valence-corrected chi connectivity index (χ0v) is 52.1. The molecule has 0 saturated carbocycles. The number of rotatable bonds is 61. The topological polar surface area (TPSA) is 108 Å². The molecule has 3 unspecified atom stereocenters. The van der Waals surface area contributed by atoms with E-state index in [0.29, 0.717) is 17.4 Å². The number of nitrogens with one attached hydrogen (secondary N) is 1. The lowest BCUT2D eigenvalue weighted by atomic mass is 10.0. The Hall–Kier alpha value is -1.54. The van der Waals surface area contributed by atoms with Crippen LogP contribution in [0.2, 0.25) is 0 Å². The number of carbonyl (C=O) groups is 1. The van der Waals surface area contributed by atoms with Crippen molar-refractivity contribution in [1.82, 2.24) is 5.32 Å². The van der Waals surface area contributed by atoms with Crippen LogP contribution < -0.4 is 10.2 Å². The van der Waals surface area contributed by atoms with Crippen LogP contribution in [0.1, 0.15) is 322 Å². The molecule has 0 rings (SSSR count). The molecule has 0 bridgehead atoms. The number of aliphatic hydroxyl groups excluding tert-OH is 1. The summed E-state index contributed by atoms with van der Waals surface area (Å²) < 4.78 is 23.4. The molecule has 0 radical (unpaired) electrons. The summed E-state index contributed by atoms with van der Waals surface area (Å²) in [5.41, 5.74) is 0. The summed E-state index contributed by atoms with van der Waals surface area (Å²) in [4.78, 5) is 25.6. The van der Waals surface area contributed by atoms with Crippen molar-refractivity contribution in [2.24, 2.45) is 0 Å². The minimum absolute atomic E-state index is 0.00583. The number of carbonyl (C=O) groups excluding carboxylic acids is 1. The highest BCUT2D eigenvalue weighted by molar-refractivity contribution is 7.45. The summed E-state index contributed by atoms with van der Waals surface area (Å²) in [5, 5.41) is 13.9. The van der Waals surface area contributed by atoms with Crippen molar-refractivity contribution in [3.8, 4) is 0 Å². The summed E-state index contributed by atoms with van der Waals surface area (Å²) in [6.07, 6.45) is 78.0. The number of likely N-dealkylation sites (N-methyl/N-ethyl adjacent to an activating group) is 1. The van der Waals surface area contributed by atoms with Gasteiger partial charge in [0.15, 0.2) is 0 Å². The lowest BCUT2D eigenvalue weighted by molar-refractivity contribution is -0.870. The average Bonchev–Trinajstić information content (AvgIpc) is 3.38. The summed E-state index contributed by atoms with van der Waals surface area (Å²) in [5.74, 6) is -0.203. The summed E-state index contributed by atoms with van der Waals surface area (Å²) in [6.45, 7) is 4.67. The first-order chi connectivity index (χ1) is 37.0. The molecule has 0 heterocycles. The molecule has 8 nitrogen and oxygen atoms in total. The van der Waals surface area contributed by atoms with E-state index in [9.17, 15) is 19.4 Å². The van der Waals surface area contributed by atoms with E-state index in [1.165, 1.54) is 257 Å². The highest BCUT2D eigenvalue weighted by atomic mass is 31.2. The fraction of sp³-hybridized carbons (Fsp3) is 0.866. The van der Waals surface area contributed by atoms with Crippen molar-refractivity contribution in [2.45, 2.75) is 334 Å². The molecule has 448 valence electrons. The third-order valence-electron chi connectivity index (χ3n) is 15.0. The molecule has 1 amide bonds. The molecule has 0 saturated heterocycles. The van der Waals surface area contributed by atoms with Crippen LogP contribution in [0, 0.1) is 0 Å². The number of hydrogen-bond acceptors (Lipinski definition) is 6. The zero-order valence-electron chi connectivity index (χ0n) is 51.2. The van der Waals surface area contributed by atoms with E-state index in [-0.39, 0.29) is 12.5 Å². The predicted octanol–water partition coefficient (Wildman–Crippen LogP) is 20.0. The van der Waals surface area contributed by atoms with Crippen LogP contribution in [0.25, 0.3) is 0 Å².